The summed E-state index contributed by atoms with van der Waals surface area (Å²) >= 11 is 0. The summed E-state index contributed by atoms with van der Waals surface area (Å²) in [5.74, 6) is 0.0544. The molecule has 0 aliphatic carbocycles. The Morgan fingerprint density at radius 2 is 1.52 bits per heavy atom. The van der Waals surface area contributed by atoms with Gasteiger partial charge in [0.15, 0.2) is 0 Å². The highest BCUT2D eigenvalue weighted by molar-refractivity contribution is 8.76. The van der Waals surface area contributed by atoms with Gasteiger partial charge in [0.05, 0.1) is 6.54 Å². The zero-order valence-corrected chi connectivity index (χ0v) is 14.5. The minimum atomic E-state index is -0.579. The fraction of sp³-hybridized carbons (Fsp3) is 0.692. The molecule has 0 saturated carbocycles. The van der Waals surface area contributed by atoms with Crippen molar-refractivity contribution in [1.29, 1.82) is 0 Å². The van der Waals surface area contributed by atoms with E-state index in [1.165, 1.54) is 21.6 Å². The van der Waals surface area contributed by atoms with Crippen LogP contribution < -0.4 is 21.3 Å². The van der Waals surface area contributed by atoms with Crippen molar-refractivity contribution in [2.75, 3.05) is 18.1 Å². The molecule has 23 heavy (non-hydrogen) atoms. The van der Waals surface area contributed by atoms with Crippen LogP contribution in [-0.2, 0) is 19.2 Å². The van der Waals surface area contributed by atoms with Crippen molar-refractivity contribution < 1.29 is 19.2 Å². The van der Waals surface area contributed by atoms with Crippen LogP contribution in [0.4, 0.5) is 0 Å². The zero-order chi connectivity index (χ0) is 17.0. The van der Waals surface area contributed by atoms with Crippen LogP contribution in [0.1, 0.15) is 13.8 Å². The van der Waals surface area contributed by atoms with Crippen LogP contribution in [0.5, 0.6) is 0 Å². The van der Waals surface area contributed by atoms with Gasteiger partial charge in [0.1, 0.15) is 18.1 Å². The fourth-order valence-corrected chi connectivity index (χ4v) is 4.51. The van der Waals surface area contributed by atoms with Crippen molar-refractivity contribution in [3.63, 3.8) is 0 Å². The van der Waals surface area contributed by atoms with Crippen LogP contribution in [0.25, 0.3) is 0 Å². The number of carbonyl (C=O) groups excluding carboxylic acids is 4. The molecule has 2 aliphatic rings. The van der Waals surface area contributed by atoms with Crippen LogP contribution in [0.15, 0.2) is 0 Å². The third-order valence-corrected chi connectivity index (χ3v) is 5.93. The van der Waals surface area contributed by atoms with Gasteiger partial charge in [0, 0.05) is 11.5 Å². The first-order valence-corrected chi connectivity index (χ1v) is 9.79. The fourth-order valence-electron chi connectivity index (χ4n) is 2.18. The van der Waals surface area contributed by atoms with Gasteiger partial charge in [-0.25, -0.2) is 0 Å². The molecule has 8 nitrogen and oxygen atoms in total. The highest BCUT2D eigenvalue weighted by Gasteiger charge is 2.35. The molecule has 4 amide bonds. The lowest BCUT2D eigenvalue weighted by molar-refractivity contribution is -0.137. The largest absolute Gasteiger partial charge is 0.345 e. The molecule has 0 bridgehead atoms. The molecule has 128 valence electrons. The van der Waals surface area contributed by atoms with E-state index < -0.39 is 18.1 Å². The second-order valence-electron chi connectivity index (χ2n) is 5.70. The monoisotopic (exact) mass is 360 g/mol. The standard InChI is InChI=1S/C13H20N4O4S2/c1-6(2)10-13(21)16-8(12(20)17-10)5-23-22-4-7-11(19)14-3-9(18)15-7/h6-8,10H,3-5H2,1-2H3,(H,14,19)(H,15,18)(H,16,21)(H,17,20)/t7-,8+,10?/m0/s1. The lowest BCUT2D eigenvalue weighted by atomic mass is 10.0. The van der Waals surface area contributed by atoms with E-state index in [1.54, 1.807) is 0 Å². The van der Waals surface area contributed by atoms with Crippen molar-refractivity contribution in [3.05, 3.63) is 0 Å². The molecule has 2 saturated heterocycles. The Morgan fingerprint density at radius 1 is 0.913 bits per heavy atom. The van der Waals surface area contributed by atoms with Crippen LogP contribution in [-0.4, -0.2) is 59.8 Å². The topological polar surface area (TPSA) is 116 Å². The van der Waals surface area contributed by atoms with Crippen molar-refractivity contribution in [3.8, 4) is 0 Å². The first-order chi connectivity index (χ1) is 10.9. The molecule has 2 aliphatic heterocycles. The first-order valence-electron chi connectivity index (χ1n) is 7.30. The molecule has 4 N–H and O–H groups in total. The van der Waals surface area contributed by atoms with Crippen molar-refractivity contribution >= 4 is 45.2 Å². The lowest BCUT2D eigenvalue weighted by Gasteiger charge is -2.31. The quantitative estimate of drug-likeness (QED) is 0.343. The average Bonchev–Trinajstić information content (AvgIpc) is 2.49. The molecule has 1 unspecified atom stereocenters. The van der Waals surface area contributed by atoms with Gasteiger partial charge in [0.2, 0.25) is 23.6 Å². The van der Waals surface area contributed by atoms with E-state index in [1.807, 2.05) is 13.8 Å². The zero-order valence-electron chi connectivity index (χ0n) is 12.9. The SMILES string of the molecule is CC(C)C1NC(=O)[C@@H](CSSC[C@@H]2NC(=O)CNC2=O)NC1=O. The number of hydrogen-bond acceptors (Lipinski definition) is 6. The van der Waals surface area contributed by atoms with E-state index in [0.29, 0.717) is 11.5 Å². The Morgan fingerprint density at radius 3 is 2.13 bits per heavy atom. The third kappa shape index (κ3) is 4.77. The van der Waals surface area contributed by atoms with Gasteiger partial charge in [-0.2, -0.15) is 0 Å². The average molecular weight is 360 g/mol. The molecule has 0 aromatic carbocycles. The number of nitrogens with one attached hydrogen (secondary N) is 4. The van der Waals surface area contributed by atoms with Crippen molar-refractivity contribution in [2.45, 2.75) is 32.0 Å². The molecular weight excluding hydrogens is 340 g/mol. The summed E-state index contributed by atoms with van der Waals surface area (Å²) in [5, 5.41) is 10.6. The van der Waals surface area contributed by atoms with Gasteiger partial charge in [-0.15, -0.1) is 0 Å². The predicted octanol–water partition coefficient (Wildman–Crippen LogP) is -1.38. The summed E-state index contributed by atoms with van der Waals surface area (Å²) in [6.45, 7) is 3.76. The van der Waals surface area contributed by atoms with Gasteiger partial charge < -0.3 is 21.3 Å². The predicted molar refractivity (Wildman–Crippen MR) is 88.6 cm³/mol. The molecular formula is C13H20N4O4S2. The lowest BCUT2D eigenvalue weighted by Crippen LogP contribution is -2.63. The molecule has 0 spiro atoms. The molecule has 10 heteroatoms. The number of piperazine rings is 2. The summed E-state index contributed by atoms with van der Waals surface area (Å²) in [6.07, 6.45) is 0. The number of amides is 4. The Bertz CT molecular complexity index is 514. The van der Waals surface area contributed by atoms with Gasteiger partial charge in [-0.05, 0) is 5.92 Å². The summed E-state index contributed by atoms with van der Waals surface area (Å²) in [4.78, 5) is 46.7. The van der Waals surface area contributed by atoms with E-state index >= 15 is 0 Å². The van der Waals surface area contributed by atoms with E-state index in [2.05, 4.69) is 21.3 Å². The Balaban J connectivity index is 1.72. The number of hydrogen-bond donors (Lipinski definition) is 4. The maximum Gasteiger partial charge on any atom is 0.244 e. The van der Waals surface area contributed by atoms with Crippen LogP contribution in [0.3, 0.4) is 0 Å². The minimum absolute atomic E-state index is 0.0123. The number of rotatable bonds is 6. The Hall–Kier alpha value is -1.42. The van der Waals surface area contributed by atoms with Gasteiger partial charge in [0.25, 0.3) is 0 Å². The molecule has 2 fully saturated rings. The Labute approximate surface area is 142 Å². The molecule has 3 atom stereocenters. The smallest absolute Gasteiger partial charge is 0.244 e. The molecule has 0 aromatic heterocycles. The molecule has 0 radical (unpaired) electrons. The van der Waals surface area contributed by atoms with E-state index in [9.17, 15) is 19.2 Å². The number of carbonyl (C=O) groups is 4. The summed E-state index contributed by atoms with van der Waals surface area (Å²) in [6, 6.07) is -1.63. The summed E-state index contributed by atoms with van der Waals surface area (Å²) in [7, 11) is 2.76. The summed E-state index contributed by atoms with van der Waals surface area (Å²) in [5.41, 5.74) is 0. The van der Waals surface area contributed by atoms with Crippen LogP contribution >= 0.6 is 21.6 Å². The van der Waals surface area contributed by atoms with Crippen molar-refractivity contribution in [1.82, 2.24) is 21.3 Å². The maximum absolute atomic E-state index is 12.0. The van der Waals surface area contributed by atoms with E-state index in [4.69, 9.17) is 0 Å². The normalized spacial score (nSPS) is 28.0. The second-order valence-corrected chi connectivity index (χ2v) is 8.25. The summed E-state index contributed by atoms with van der Waals surface area (Å²) < 4.78 is 0. The highest BCUT2D eigenvalue weighted by Crippen LogP contribution is 2.24. The third-order valence-electron chi connectivity index (χ3n) is 3.51. The van der Waals surface area contributed by atoms with Crippen molar-refractivity contribution in [2.24, 2.45) is 5.92 Å². The van der Waals surface area contributed by atoms with Crippen LogP contribution in [0, 0.1) is 5.92 Å². The van der Waals surface area contributed by atoms with Gasteiger partial charge in [-0.3, -0.25) is 19.2 Å². The van der Waals surface area contributed by atoms with E-state index in [-0.39, 0.29) is 36.1 Å². The van der Waals surface area contributed by atoms with Crippen LogP contribution in [0.2, 0.25) is 0 Å². The van der Waals surface area contributed by atoms with Gasteiger partial charge in [-0.1, -0.05) is 35.4 Å². The maximum atomic E-state index is 12.0. The minimum Gasteiger partial charge on any atom is -0.345 e. The van der Waals surface area contributed by atoms with Gasteiger partial charge >= 0.3 is 0 Å². The van der Waals surface area contributed by atoms with E-state index in [0.717, 1.165) is 0 Å². The second kappa shape index (κ2) is 7.91. The highest BCUT2D eigenvalue weighted by atomic mass is 33.1. The molecule has 2 rings (SSSR count). The molecule has 2 heterocycles. The Kier molecular flexibility index (Phi) is 6.17. The first kappa shape index (κ1) is 17.9. The molecule has 0 aromatic rings.